The molecule has 9 heteroatoms. The minimum Gasteiger partial charge on any atom is -0.391 e. The van der Waals surface area contributed by atoms with Crippen molar-refractivity contribution >= 4 is 11.7 Å². The van der Waals surface area contributed by atoms with Gasteiger partial charge in [0.2, 0.25) is 0 Å². The molecule has 1 aromatic carbocycles. The van der Waals surface area contributed by atoms with Crippen LogP contribution in [0.15, 0.2) is 36.5 Å². The predicted molar refractivity (Wildman–Crippen MR) is 115 cm³/mol. The monoisotopic (exact) mass is 432 g/mol. The fourth-order valence-electron chi connectivity index (χ4n) is 4.47. The zero-order valence-corrected chi connectivity index (χ0v) is 17.6. The number of aromatic nitrogens is 3. The topological polar surface area (TPSA) is 107 Å². The summed E-state index contributed by atoms with van der Waals surface area (Å²) in [7, 11) is 0. The smallest absolute Gasteiger partial charge is 0.255 e. The fourth-order valence-corrected chi connectivity index (χ4v) is 4.47. The van der Waals surface area contributed by atoms with Crippen molar-refractivity contribution in [3.63, 3.8) is 0 Å². The molecule has 0 spiro atoms. The van der Waals surface area contributed by atoms with E-state index in [0.29, 0.717) is 35.7 Å². The molecule has 0 unspecified atom stereocenters. The number of hydrogen-bond donors (Lipinski definition) is 2. The van der Waals surface area contributed by atoms with E-state index in [0.717, 1.165) is 0 Å². The third-order valence-electron chi connectivity index (χ3n) is 6.34. The highest BCUT2D eigenvalue weighted by Crippen LogP contribution is 2.35. The Morgan fingerprint density at radius 3 is 2.84 bits per heavy atom. The lowest BCUT2D eigenvalue weighted by Gasteiger charge is -2.33. The maximum absolute atomic E-state index is 14.7. The Morgan fingerprint density at radius 2 is 2.12 bits per heavy atom. The molecule has 5 rings (SSSR count). The van der Waals surface area contributed by atoms with Crippen LogP contribution < -0.4 is 10.2 Å². The van der Waals surface area contributed by atoms with Crippen molar-refractivity contribution in [3.05, 3.63) is 59.2 Å². The number of nitriles is 1. The van der Waals surface area contributed by atoms with Crippen molar-refractivity contribution in [1.82, 2.24) is 20.1 Å². The van der Waals surface area contributed by atoms with Gasteiger partial charge in [-0.3, -0.25) is 4.79 Å². The standard InChI is InChI=1S/C23H21FN6O2/c1-23(2)18(31)6-8-29(23)19-7-9-30(28-19)17-10-15(27-16-12-26-22(32)21(16)17)20-13(11-25)4-3-5-14(20)24/h3-5,7,9-10,18,31H,6,8,12H2,1-2H3,(H,26,32)/t18-/m1/s1. The molecule has 1 fully saturated rings. The second kappa shape index (κ2) is 7.14. The van der Waals surface area contributed by atoms with Gasteiger partial charge in [-0.2, -0.15) is 10.4 Å². The normalized spacial score (nSPS) is 19.0. The SMILES string of the molecule is CC1(C)[C@H](O)CCN1c1ccn(-c2cc(-c3c(F)cccc3C#N)nc3c2C(=O)NC3)n1. The first-order valence-electron chi connectivity index (χ1n) is 10.3. The maximum atomic E-state index is 14.7. The Hall–Kier alpha value is -3.77. The number of nitrogens with zero attached hydrogens (tertiary/aromatic N) is 5. The maximum Gasteiger partial charge on any atom is 0.255 e. The van der Waals surface area contributed by atoms with Crippen molar-refractivity contribution in [2.75, 3.05) is 11.4 Å². The summed E-state index contributed by atoms with van der Waals surface area (Å²) >= 11 is 0. The van der Waals surface area contributed by atoms with Gasteiger partial charge < -0.3 is 15.3 Å². The molecule has 1 saturated heterocycles. The van der Waals surface area contributed by atoms with Crippen LogP contribution >= 0.6 is 0 Å². The molecule has 0 bridgehead atoms. The number of aliphatic hydroxyl groups excluding tert-OH is 1. The molecule has 0 saturated carbocycles. The third-order valence-corrected chi connectivity index (χ3v) is 6.34. The molecular weight excluding hydrogens is 411 g/mol. The highest BCUT2D eigenvalue weighted by Gasteiger charge is 2.41. The molecule has 0 aliphatic carbocycles. The van der Waals surface area contributed by atoms with Gasteiger partial charge in [-0.1, -0.05) is 6.07 Å². The Morgan fingerprint density at radius 1 is 1.31 bits per heavy atom. The van der Waals surface area contributed by atoms with Crippen LogP contribution in [0.3, 0.4) is 0 Å². The van der Waals surface area contributed by atoms with Gasteiger partial charge in [0.25, 0.3) is 5.91 Å². The summed E-state index contributed by atoms with van der Waals surface area (Å²) in [5.41, 5.74) is 1.35. The molecule has 2 aromatic heterocycles. The van der Waals surface area contributed by atoms with Crippen molar-refractivity contribution < 1.29 is 14.3 Å². The van der Waals surface area contributed by atoms with Crippen LogP contribution in [0.5, 0.6) is 0 Å². The number of nitrogens with one attached hydrogen (secondary N) is 1. The van der Waals surface area contributed by atoms with Gasteiger partial charge in [0.05, 0.1) is 58.0 Å². The molecule has 3 aromatic rings. The lowest BCUT2D eigenvalue weighted by molar-refractivity contribution is 0.0965. The number of aliphatic hydroxyl groups is 1. The van der Waals surface area contributed by atoms with Crippen molar-refractivity contribution in [3.8, 4) is 23.0 Å². The van der Waals surface area contributed by atoms with Gasteiger partial charge in [-0.15, -0.1) is 0 Å². The van der Waals surface area contributed by atoms with Gasteiger partial charge in [-0.25, -0.2) is 14.1 Å². The summed E-state index contributed by atoms with van der Waals surface area (Å²) < 4.78 is 16.3. The van der Waals surface area contributed by atoms with E-state index in [4.69, 9.17) is 0 Å². The number of anilines is 1. The number of hydrogen-bond acceptors (Lipinski definition) is 6. The van der Waals surface area contributed by atoms with Crippen LogP contribution in [0.4, 0.5) is 10.2 Å². The minimum atomic E-state index is -0.561. The van der Waals surface area contributed by atoms with Gasteiger partial charge in [-0.05, 0) is 38.5 Å². The molecule has 32 heavy (non-hydrogen) atoms. The highest BCUT2D eigenvalue weighted by atomic mass is 19.1. The van der Waals surface area contributed by atoms with Gasteiger partial charge in [0, 0.05) is 18.8 Å². The largest absolute Gasteiger partial charge is 0.391 e. The van der Waals surface area contributed by atoms with Crippen LogP contribution in [-0.2, 0) is 6.54 Å². The van der Waals surface area contributed by atoms with E-state index in [1.165, 1.54) is 18.2 Å². The van der Waals surface area contributed by atoms with Crippen LogP contribution in [0.25, 0.3) is 16.9 Å². The number of carbonyl (C=O) groups is 1. The van der Waals surface area contributed by atoms with E-state index in [2.05, 4.69) is 15.4 Å². The molecule has 1 amide bonds. The number of fused-ring (bicyclic) bond motifs is 1. The van der Waals surface area contributed by atoms with E-state index < -0.39 is 17.5 Å². The van der Waals surface area contributed by atoms with E-state index >= 15 is 0 Å². The summed E-state index contributed by atoms with van der Waals surface area (Å²) in [5.74, 6) is -0.175. The molecule has 2 aliphatic rings. The molecule has 0 radical (unpaired) electrons. The number of carbonyl (C=O) groups excluding carboxylic acids is 1. The van der Waals surface area contributed by atoms with Crippen LogP contribution in [0, 0.1) is 17.1 Å². The average molecular weight is 432 g/mol. The molecule has 1 atom stereocenters. The van der Waals surface area contributed by atoms with Crippen molar-refractivity contribution in [1.29, 1.82) is 5.26 Å². The predicted octanol–water partition coefficient (Wildman–Crippen LogP) is 2.54. The molecule has 4 heterocycles. The lowest BCUT2D eigenvalue weighted by Crippen LogP contribution is -2.45. The summed E-state index contributed by atoms with van der Waals surface area (Å²) in [6.07, 6.45) is 1.90. The molecule has 162 valence electrons. The number of pyridine rings is 1. The first-order valence-corrected chi connectivity index (χ1v) is 10.3. The summed E-state index contributed by atoms with van der Waals surface area (Å²) in [6.45, 7) is 4.79. The molecular formula is C23H21FN6O2. The van der Waals surface area contributed by atoms with Crippen molar-refractivity contribution in [2.24, 2.45) is 0 Å². The number of halogens is 1. The van der Waals surface area contributed by atoms with E-state index in [-0.39, 0.29) is 29.3 Å². The number of benzene rings is 1. The van der Waals surface area contributed by atoms with E-state index in [1.807, 2.05) is 30.9 Å². The fraction of sp³-hybridized carbons (Fsp3) is 0.304. The Kier molecular flexibility index (Phi) is 4.50. The lowest BCUT2D eigenvalue weighted by atomic mass is 9.99. The first kappa shape index (κ1) is 20.2. The molecule has 2 aliphatic heterocycles. The first-order chi connectivity index (χ1) is 15.3. The van der Waals surface area contributed by atoms with Gasteiger partial charge >= 0.3 is 0 Å². The van der Waals surface area contributed by atoms with Gasteiger partial charge in [0.1, 0.15) is 5.82 Å². The van der Waals surface area contributed by atoms with Crippen LogP contribution in [0.1, 0.15) is 41.9 Å². The summed E-state index contributed by atoms with van der Waals surface area (Å²) in [5, 5.41) is 27.2. The summed E-state index contributed by atoms with van der Waals surface area (Å²) in [6, 6.07) is 9.70. The Balaban J connectivity index is 1.66. The minimum absolute atomic E-state index is 0.0922. The third kappa shape index (κ3) is 2.95. The number of amides is 1. The van der Waals surface area contributed by atoms with Crippen LogP contribution in [-0.4, -0.2) is 44.0 Å². The number of rotatable bonds is 3. The Bertz CT molecular complexity index is 1290. The second-order valence-corrected chi connectivity index (χ2v) is 8.53. The van der Waals surface area contributed by atoms with E-state index in [1.54, 1.807) is 16.9 Å². The zero-order chi connectivity index (χ0) is 22.6. The Labute approximate surface area is 183 Å². The quantitative estimate of drug-likeness (QED) is 0.659. The van der Waals surface area contributed by atoms with Gasteiger partial charge in [0.15, 0.2) is 5.82 Å². The highest BCUT2D eigenvalue weighted by molar-refractivity contribution is 6.01. The van der Waals surface area contributed by atoms with E-state index in [9.17, 15) is 19.6 Å². The van der Waals surface area contributed by atoms with Crippen LogP contribution in [0.2, 0.25) is 0 Å². The zero-order valence-electron chi connectivity index (χ0n) is 17.6. The summed E-state index contributed by atoms with van der Waals surface area (Å²) in [4.78, 5) is 19.1. The molecule has 8 nitrogen and oxygen atoms in total. The second-order valence-electron chi connectivity index (χ2n) is 8.53. The average Bonchev–Trinajstić information content (AvgIpc) is 3.46. The molecule has 2 N–H and O–H groups in total. The van der Waals surface area contributed by atoms with Crippen molar-refractivity contribution in [2.45, 2.75) is 38.5 Å².